The van der Waals surface area contributed by atoms with Gasteiger partial charge in [-0.3, -0.25) is 9.69 Å². The van der Waals surface area contributed by atoms with Gasteiger partial charge in [-0.05, 0) is 56.6 Å². The first-order chi connectivity index (χ1) is 12.6. The van der Waals surface area contributed by atoms with Gasteiger partial charge in [0.15, 0.2) is 0 Å². The molecule has 1 aliphatic rings. The average molecular weight is 352 g/mol. The molecule has 1 aliphatic heterocycles. The van der Waals surface area contributed by atoms with E-state index in [0.29, 0.717) is 6.61 Å². The van der Waals surface area contributed by atoms with Crippen LogP contribution in [0.4, 0.5) is 0 Å². The number of likely N-dealkylation sites (tertiary alicyclic amines) is 1. The third-order valence-electron chi connectivity index (χ3n) is 4.81. The van der Waals surface area contributed by atoms with Gasteiger partial charge in [-0.25, -0.2) is 0 Å². The molecule has 2 aromatic carbocycles. The monoisotopic (exact) mass is 352 g/mol. The fourth-order valence-electron chi connectivity index (χ4n) is 3.20. The molecule has 4 heteroatoms. The van der Waals surface area contributed by atoms with Gasteiger partial charge in [0.05, 0.1) is 0 Å². The van der Waals surface area contributed by atoms with Crippen LogP contribution in [0.1, 0.15) is 34.3 Å². The molecule has 0 spiro atoms. The Morgan fingerprint density at radius 1 is 1.04 bits per heavy atom. The lowest BCUT2D eigenvalue weighted by Gasteiger charge is -2.18. The van der Waals surface area contributed by atoms with Crippen molar-refractivity contribution in [1.82, 2.24) is 9.80 Å². The molecule has 1 heterocycles. The van der Waals surface area contributed by atoms with E-state index in [4.69, 9.17) is 4.74 Å². The van der Waals surface area contributed by atoms with Crippen LogP contribution in [0.25, 0.3) is 0 Å². The molecule has 4 nitrogen and oxygen atoms in total. The SMILES string of the molecule is Cc1ccc(OCCN(C)Cc2ccc(C(=O)N3CCCC3)cc2)cc1. The highest BCUT2D eigenvalue weighted by Gasteiger charge is 2.19. The molecule has 0 aliphatic carbocycles. The summed E-state index contributed by atoms with van der Waals surface area (Å²) in [5.74, 6) is 1.07. The van der Waals surface area contributed by atoms with E-state index in [-0.39, 0.29) is 5.91 Å². The molecule has 3 rings (SSSR count). The molecular formula is C22H28N2O2. The van der Waals surface area contributed by atoms with Crippen LogP contribution in [0.15, 0.2) is 48.5 Å². The average Bonchev–Trinajstić information content (AvgIpc) is 3.18. The third kappa shape index (κ3) is 5.09. The van der Waals surface area contributed by atoms with Gasteiger partial charge in [0.2, 0.25) is 0 Å². The van der Waals surface area contributed by atoms with Crippen molar-refractivity contribution in [2.45, 2.75) is 26.3 Å². The second-order valence-corrected chi connectivity index (χ2v) is 7.10. The number of likely N-dealkylation sites (N-methyl/N-ethyl adjacent to an activating group) is 1. The van der Waals surface area contributed by atoms with Crippen LogP contribution in [0.3, 0.4) is 0 Å². The highest BCUT2D eigenvalue weighted by Crippen LogP contribution is 2.15. The quantitative estimate of drug-likeness (QED) is 0.761. The fraction of sp³-hybridized carbons (Fsp3) is 0.409. The Morgan fingerprint density at radius 3 is 2.35 bits per heavy atom. The van der Waals surface area contributed by atoms with Crippen LogP contribution < -0.4 is 4.74 Å². The standard InChI is InChI=1S/C22H28N2O2/c1-18-5-11-21(12-6-18)26-16-15-23(2)17-19-7-9-20(10-8-19)22(25)24-13-3-4-14-24/h5-12H,3-4,13-17H2,1-2H3. The minimum absolute atomic E-state index is 0.161. The van der Waals surface area contributed by atoms with Crippen LogP contribution in [-0.4, -0.2) is 49.0 Å². The Labute approximate surface area is 156 Å². The maximum absolute atomic E-state index is 12.4. The summed E-state index contributed by atoms with van der Waals surface area (Å²) in [5, 5.41) is 0. The van der Waals surface area contributed by atoms with E-state index in [2.05, 4.69) is 43.1 Å². The van der Waals surface area contributed by atoms with Crippen molar-refractivity contribution in [2.75, 3.05) is 33.3 Å². The van der Waals surface area contributed by atoms with Gasteiger partial charge in [0.1, 0.15) is 12.4 Å². The largest absolute Gasteiger partial charge is 0.492 e. The van der Waals surface area contributed by atoms with Gasteiger partial charge < -0.3 is 9.64 Å². The summed E-state index contributed by atoms with van der Waals surface area (Å²) < 4.78 is 5.79. The molecule has 0 atom stereocenters. The van der Waals surface area contributed by atoms with Gasteiger partial charge in [-0.15, -0.1) is 0 Å². The first kappa shape index (κ1) is 18.5. The molecule has 0 N–H and O–H groups in total. The second-order valence-electron chi connectivity index (χ2n) is 7.10. The van der Waals surface area contributed by atoms with Crippen molar-refractivity contribution >= 4 is 5.91 Å². The molecule has 26 heavy (non-hydrogen) atoms. The predicted molar refractivity (Wildman–Crippen MR) is 105 cm³/mol. The molecule has 0 bridgehead atoms. The zero-order chi connectivity index (χ0) is 18.4. The Hall–Kier alpha value is -2.33. The number of nitrogens with zero attached hydrogens (tertiary/aromatic N) is 2. The zero-order valence-electron chi connectivity index (χ0n) is 15.8. The topological polar surface area (TPSA) is 32.8 Å². The van der Waals surface area contributed by atoms with E-state index in [1.165, 1.54) is 11.1 Å². The molecule has 1 fully saturated rings. The van der Waals surface area contributed by atoms with Crippen LogP contribution >= 0.6 is 0 Å². The molecule has 1 saturated heterocycles. The number of aryl methyl sites for hydroxylation is 1. The van der Waals surface area contributed by atoms with Crippen molar-refractivity contribution in [3.05, 3.63) is 65.2 Å². The third-order valence-corrected chi connectivity index (χ3v) is 4.81. The van der Waals surface area contributed by atoms with Crippen molar-refractivity contribution in [3.63, 3.8) is 0 Å². The first-order valence-electron chi connectivity index (χ1n) is 9.38. The van der Waals surface area contributed by atoms with Gasteiger partial charge >= 0.3 is 0 Å². The molecule has 0 unspecified atom stereocenters. The summed E-state index contributed by atoms with van der Waals surface area (Å²) in [7, 11) is 2.09. The Bertz CT molecular complexity index is 704. The zero-order valence-corrected chi connectivity index (χ0v) is 15.8. The summed E-state index contributed by atoms with van der Waals surface area (Å²) in [6.07, 6.45) is 2.25. The van der Waals surface area contributed by atoms with E-state index < -0.39 is 0 Å². The summed E-state index contributed by atoms with van der Waals surface area (Å²) in [4.78, 5) is 16.6. The predicted octanol–water partition coefficient (Wildman–Crippen LogP) is 3.74. The molecule has 1 amide bonds. The van der Waals surface area contributed by atoms with E-state index in [1.807, 2.05) is 29.2 Å². The number of amides is 1. The van der Waals surface area contributed by atoms with E-state index >= 15 is 0 Å². The smallest absolute Gasteiger partial charge is 0.253 e. The van der Waals surface area contributed by atoms with Gasteiger partial charge in [0, 0.05) is 31.7 Å². The van der Waals surface area contributed by atoms with Crippen LogP contribution in [0.2, 0.25) is 0 Å². The molecule has 0 aromatic heterocycles. The number of carbonyl (C=O) groups is 1. The Balaban J connectivity index is 1.44. The van der Waals surface area contributed by atoms with E-state index in [0.717, 1.165) is 50.3 Å². The highest BCUT2D eigenvalue weighted by atomic mass is 16.5. The van der Waals surface area contributed by atoms with Crippen molar-refractivity contribution in [3.8, 4) is 5.75 Å². The van der Waals surface area contributed by atoms with Crippen molar-refractivity contribution in [2.24, 2.45) is 0 Å². The van der Waals surface area contributed by atoms with Crippen LogP contribution in [0, 0.1) is 6.92 Å². The molecule has 2 aromatic rings. The summed E-state index contributed by atoms with van der Waals surface area (Å²) in [6.45, 7) is 6.21. The fourth-order valence-corrected chi connectivity index (χ4v) is 3.20. The van der Waals surface area contributed by atoms with E-state index in [1.54, 1.807) is 0 Å². The lowest BCUT2D eigenvalue weighted by Crippen LogP contribution is -2.27. The summed E-state index contributed by atoms with van der Waals surface area (Å²) in [5.41, 5.74) is 3.24. The normalized spacial score (nSPS) is 14.0. The summed E-state index contributed by atoms with van der Waals surface area (Å²) in [6, 6.07) is 16.1. The van der Waals surface area contributed by atoms with Crippen molar-refractivity contribution < 1.29 is 9.53 Å². The lowest BCUT2D eigenvalue weighted by atomic mass is 10.1. The maximum atomic E-state index is 12.4. The maximum Gasteiger partial charge on any atom is 0.253 e. The number of carbonyl (C=O) groups excluding carboxylic acids is 1. The lowest BCUT2D eigenvalue weighted by molar-refractivity contribution is 0.0793. The van der Waals surface area contributed by atoms with Crippen LogP contribution in [-0.2, 0) is 6.54 Å². The molecule has 0 radical (unpaired) electrons. The number of rotatable bonds is 7. The van der Waals surface area contributed by atoms with Gasteiger partial charge in [-0.2, -0.15) is 0 Å². The number of hydrogen-bond acceptors (Lipinski definition) is 3. The molecule has 0 saturated carbocycles. The number of benzene rings is 2. The van der Waals surface area contributed by atoms with Crippen LogP contribution in [0.5, 0.6) is 5.75 Å². The summed E-state index contributed by atoms with van der Waals surface area (Å²) >= 11 is 0. The number of ether oxygens (including phenoxy) is 1. The first-order valence-corrected chi connectivity index (χ1v) is 9.38. The highest BCUT2D eigenvalue weighted by molar-refractivity contribution is 5.94. The van der Waals surface area contributed by atoms with Gasteiger partial charge in [-0.1, -0.05) is 29.8 Å². The number of hydrogen-bond donors (Lipinski definition) is 0. The molecular weight excluding hydrogens is 324 g/mol. The Morgan fingerprint density at radius 2 is 1.69 bits per heavy atom. The molecule has 138 valence electrons. The second kappa shape index (κ2) is 8.86. The minimum Gasteiger partial charge on any atom is -0.492 e. The minimum atomic E-state index is 0.161. The Kier molecular flexibility index (Phi) is 6.29. The van der Waals surface area contributed by atoms with Gasteiger partial charge in [0.25, 0.3) is 5.91 Å². The van der Waals surface area contributed by atoms with E-state index in [9.17, 15) is 4.79 Å². The van der Waals surface area contributed by atoms with Crippen molar-refractivity contribution in [1.29, 1.82) is 0 Å².